The summed E-state index contributed by atoms with van der Waals surface area (Å²) >= 11 is 0. The molecule has 94 valence electrons. The van der Waals surface area contributed by atoms with Gasteiger partial charge in [-0.25, -0.2) is 0 Å². The van der Waals surface area contributed by atoms with Gasteiger partial charge in [-0.15, -0.1) is 0 Å². The molecule has 0 radical (unpaired) electrons. The number of nitrogens with two attached hydrogens (primary N) is 1. The van der Waals surface area contributed by atoms with Crippen LogP contribution in [-0.2, 0) is 0 Å². The summed E-state index contributed by atoms with van der Waals surface area (Å²) in [5.41, 5.74) is 5.50. The van der Waals surface area contributed by atoms with Crippen molar-refractivity contribution in [2.75, 3.05) is 32.7 Å². The van der Waals surface area contributed by atoms with Gasteiger partial charge in [-0.3, -0.25) is 10.3 Å². The molecule has 16 heavy (non-hydrogen) atoms. The maximum absolute atomic E-state index is 7.39. The minimum atomic E-state index is 0.322. The zero-order valence-corrected chi connectivity index (χ0v) is 10.7. The molecule has 0 amide bonds. The Balaban J connectivity index is 2.35. The lowest BCUT2D eigenvalue weighted by molar-refractivity contribution is 0.0963. The van der Waals surface area contributed by atoms with Crippen molar-refractivity contribution in [3.05, 3.63) is 0 Å². The van der Waals surface area contributed by atoms with Gasteiger partial charge in [-0.05, 0) is 19.4 Å². The van der Waals surface area contributed by atoms with Gasteiger partial charge in [0.05, 0.1) is 5.84 Å². The van der Waals surface area contributed by atoms with Crippen LogP contribution < -0.4 is 5.73 Å². The summed E-state index contributed by atoms with van der Waals surface area (Å²) in [5.74, 6) is 0.322. The monoisotopic (exact) mass is 226 g/mol. The molecule has 1 atom stereocenters. The smallest absolute Gasteiger partial charge is 0.0921 e. The molecule has 0 aromatic rings. The van der Waals surface area contributed by atoms with Crippen molar-refractivity contribution in [3.63, 3.8) is 0 Å². The Morgan fingerprint density at radius 3 is 2.31 bits per heavy atom. The molecule has 1 unspecified atom stereocenters. The van der Waals surface area contributed by atoms with Crippen LogP contribution in [0.3, 0.4) is 0 Å². The van der Waals surface area contributed by atoms with Crippen molar-refractivity contribution in [2.45, 2.75) is 39.2 Å². The molecular formula is C12H26N4. The first kappa shape index (κ1) is 13.5. The van der Waals surface area contributed by atoms with Gasteiger partial charge >= 0.3 is 0 Å². The minimum absolute atomic E-state index is 0.322. The Morgan fingerprint density at radius 1 is 1.25 bits per heavy atom. The van der Waals surface area contributed by atoms with Gasteiger partial charge in [0.15, 0.2) is 0 Å². The van der Waals surface area contributed by atoms with E-state index in [9.17, 15) is 0 Å². The Bertz CT molecular complexity index is 209. The van der Waals surface area contributed by atoms with Crippen molar-refractivity contribution in [1.82, 2.24) is 9.80 Å². The van der Waals surface area contributed by atoms with Crippen molar-refractivity contribution in [1.29, 1.82) is 5.41 Å². The van der Waals surface area contributed by atoms with E-state index in [0.29, 0.717) is 11.9 Å². The molecular weight excluding hydrogens is 200 g/mol. The molecule has 4 heteroatoms. The third kappa shape index (κ3) is 4.10. The average molecular weight is 226 g/mol. The van der Waals surface area contributed by atoms with Crippen LogP contribution in [0.2, 0.25) is 0 Å². The molecule has 0 saturated carbocycles. The minimum Gasteiger partial charge on any atom is -0.388 e. The van der Waals surface area contributed by atoms with Crippen molar-refractivity contribution in [2.24, 2.45) is 5.73 Å². The second-order valence-electron chi connectivity index (χ2n) is 4.67. The van der Waals surface area contributed by atoms with E-state index in [2.05, 4.69) is 23.6 Å². The van der Waals surface area contributed by atoms with Crippen LogP contribution in [0.4, 0.5) is 0 Å². The van der Waals surface area contributed by atoms with Crippen LogP contribution in [0.15, 0.2) is 0 Å². The first-order valence-corrected chi connectivity index (χ1v) is 6.46. The van der Waals surface area contributed by atoms with E-state index in [1.807, 2.05) is 0 Å². The Kier molecular flexibility index (Phi) is 5.77. The molecule has 1 heterocycles. The molecule has 0 aliphatic carbocycles. The molecule has 1 saturated heterocycles. The van der Waals surface area contributed by atoms with Gasteiger partial charge < -0.3 is 10.6 Å². The Morgan fingerprint density at radius 2 is 1.88 bits per heavy atom. The number of piperazine rings is 1. The van der Waals surface area contributed by atoms with E-state index in [1.165, 1.54) is 26.1 Å². The van der Waals surface area contributed by atoms with Gasteiger partial charge in [0, 0.05) is 38.6 Å². The highest BCUT2D eigenvalue weighted by Gasteiger charge is 2.22. The summed E-state index contributed by atoms with van der Waals surface area (Å²) in [6, 6.07) is 0.473. The molecule has 0 bridgehead atoms. The van der Waals surface area contributed by atoms with E-state index in [0.717, 1.165) is 25.9 Å². The second kappa shape index (κ2) is 6.86. The van der Waals surface area contributed by atoms with Crippen molar-refractivity contribution in [3.8, 4) is 0 Å². The fraction of sp³-hybridized carbons (Fsp3) is 0.917. The summed E-state index contributed by atoms with van der Waals surface area (Å²) in [4.78, 5) is 5.02. The number of rotatable bonds is 6. The van der Waals surface area contributed by atoms with E-state index in [1.54, 1.807) is 0 Å². The quantitative estimate of drug-likeness (QED) is 0.527. The molecule has 3 N–H and O–H groups in total. The molecule has 1 aliphatic heterocycles. The number of hydrogen-bond donors (Lipinski definition) is 2. The first-order valence-electron chi connectivity index (χ1n) is 6.46. The average Bonchev–Trinajstić information content (AvgIpc) is 2.27. The lowest BCUT2D eigenvalue weighted by atomic mass is 10.1. The second-order valence-corrected chi connectivity index (χ2v) is 4.67. The first-order chi connectivity index (χ1) is 7.67. The maximum atomic E-state index is 7.39. The standard InChI is InChI=1S/C12H26N4/c1-3-5-15-6-8-16(9-7-15)11(4-2)10-12(13)14/h11H,3-10H2,1-2H3,(H3,13,14). The van der Waals surface area contributed by atoms with Crippen LogP contribution in [0.5, 0.6) is 0 Å². The fourth-order valence-corrected chi connectivity index (χ4v) is 2.45. The molecule has 1 rings (SSSR count). The topological polar surface area (TPSA) is 56.4 Å². The molecule has 0 aromatic heterocycles. The van der Waals surface area contributed by atoms with E-state index in [-0.39, 0.29) is 0 Å². The summed E-state index contributed by atoms with van der Waals surface area (Å²) in [6.07, 6.45) is 3.06. The molecule has 4 nitrogen and oxygen atoms in total. The van der Waals surface area contributed by atoms with Crippen molar-refractivity contribution >= 4 is 5.84 Å². The van der Waals surface area contributed by atoms with Gasteiger partial charge in [-0.1, -0.05) is 13.8 Å². The zero-order chi connectivity index (χ0) is 12.0. The summed E-state index contributed by atoms with van der Waals surface area (Å²) < 4.78 is 0. The predicted molar refractivity (Wildman–Crippen MR) is 68.9 cm³/mol. The third-order valence-electron chi connectivity index (χ3n) is 3.39. The van der Waals surface area contributed by atoms with Gasteiger partial charge in [0.1, 0.15) is 0 Å². The fourth-order valence-electron chi connectivity index (χ4n) is 2.45. The third-order valence-corrected chi connectivity index (χ3v) is 3.39. The lowest BCUT2D eigenvalue weighted by Crippen LogP contribution is -2.51. The Hall–Kier alpha value is -0.610. The number of amidine groups is 1. The molecule has 0 spiro atoms. The number of nitrogens with zero attached hydrogens (tertiary/aromatic N) is 2. The highest BCUT2D eigenvalue weighted by molar-refractivity contribution is 5.77. The highest BCUT2D eigenvalue weighted by Crippen LogP contribution is 2.12. The zero-order valence-electron chi connectivity index (χ0n) is 10.7. The van der Waals surface area contributed by atoms with E-state index >= 15 is 0 Å². The number of hydrogen-bond acceptors (Lipinski definition) is 3. The maximum Gasteiger partial charge on any atom is 0.0921 e. The van der Waals surface area contributed by atoms with Crippen LogP contribution in [0, 0.1) is 5.41 Å². The number of nitrogens with one attached hydrogen (secondary N) is 1. The Labute approximate surface area is 99.3 Å². The van der Waals surface area contributed by atoms with E-state index in [4.69, 9.17) is 11.1 Å². The normalized spacial score (nSPS) is 20.9. The van der Waals surface area contributed by atoms with Crippen LogP contribution >= 0.6 is 0 Å². The molecule has 0 aromatic carbocycles. The largest absolute Gasteiger partial charge is 0.388 e. The van der Waals surface area contributed by atoms with E-state index < -0.39 is 0 Å². The highest BCUT2D eigenvalue weighted by atomic mass is 15.3. The summed E-state index contributed by atoms with van der Waals surface area (Å²) in [7, 11) is 0. The predicted octanol–water partition coefficient (Wildman–Crippen LogP) is 1.12. The van der Waals surface area contributed by atoms with Gasteiger partial charge in [0.25, 0.3) is 0 Å². The van der Waals surface area contributed by atoms with Gasteiger partial charge in [0.2, 0.25) is 0 Å². The van der Waals surface area contributed by atoms with Crippen LogP contribution in [0.25, 0.3) is 0 Å². The van der Waals surface area contributed by atoms with Crippen LogP contribution in [0.1, 0.15) is 33.1 Å². The summed E-state index contributed by atoms with van der Waals surface area (Å²) in [6.45, 7) is 10.2. The molecule has 1 aliphatic rings. The van der Waals surface area contributed by atoms with Crippen LogP contribution in [-0.4, -0.2) is 54.4 Å². The lowest BCUT2D eigenvalue weighted by Gasteiger charge is -2.38. The summed E-state index contributed by atoms with van der Waals surface area (Å²) in [5, 5.41) is 7.39. The van der Waals surface area contributed by atoms with Crippen molar-refractivity contribution < 1.29 is 0 Å². The molecule has 1 fully saturated rings. The SMILES string of the molecule is CCCN1CCN(C(CC)CC(=N)N)CC1. The van der Waals surface area contributed by atoms with Gasteiger partial charge in [-0.2, -0.15) is 0 Å².